The number of anilines is 1. The number of hydrogen-bond acceptors (Lipinski definition) is 3. The fraction of sp³-hybridized carbons (Fsp3) is 0.400. The van der Waals surface area contributed by atoms with Gasteiger partial charge >= 0.3 is 0 Å². The lowest BCUT2D eigenvalue weighted by atomic mass is 10.1. The monoisotopic (exact) mass is 257 g/mol. The van der Waals surface area contributed by atoms with Crippen LogP contribution in [0.5, 0.6) is 0 Å². The number of aryl methyl sites for hydroxylation is 1. The zero-order valence-electron chi connectivity index (χ0n) is 11.4. The van der Waals surface area contributed by atoms with Gasteiger partial charge in [-0.3, -0.25) is 4.79 Å². The minimum Gasteiger partial charge on any atom is -0.374 e. The van der Waals surface area contributed by atoms with E-state index < -0.39 is 0 Å². The summed E-state index contributed by atoms with van der Waals surface area (Å²) in [6.07, 6.45) is 2.02. The number of nitrogens with zero attached hydrogens (tertiary/aromatic N) is 2. The molecule has 1 aromatic rings. The number of carbonyl (C=O) groups excluding carboxylic acids is 1. The van der Waals surface area contributed by atoms with Gasteiger partial charge in [0.15, 0.2) is 0 Å². The maximum absolute atomic E-state index is 12.1. The number of nitrogens with one attached hydrogen (secondary N) is 1. The molecular formula is C15H19N3O. The fourth-order valence-corrected chi connectivity index (χ4v) is 2.56. The number of amides is 1. The summed E-state index contributed by atoms with van der Waals surface area (Å²) in [4.78, 5) is 16.6. The van der Waals surface area contributed by atoms with Crippen molar-refractivity contribution >= 4 is 17.2 Å². The van der Waals surface area contributed by atoms with Crippen molar-refractivity contribution in [3.05, 3.63) is 35.5 Å². The first-order valence-electron chi connectivity index (χ1n) is 6.70. The van der Waals surface area contributed by atoms with Crippen molar-refractivity contribution < 1.29 is 4.79 Å². The van der Waals surface area contributed by atoms with Gasteiger partial charge in [-0.1, -0.05) is 11.6 Å². The molecule has 1 fully saturated rings. The summed E-state index contributed by atoms with van der Waals surface area (Å²) in [6, 6.07) is 6.08. The third-order valence-corrected chi connectivity index (χ3v) is 3.81. The van der Waals surface area contributed by atoms with Gasteiger partial charge in [-0.05, 0) is 26.1 Å². The molecule has 2 heterocycles. The van der Waals surface area contributed by atoms with E-state index in [2.05, 4.69) is 35.2 Å². The first kappa shape index (κ1) is 12.2. The second-order valence-electron chi connectivity index (χ2n) is 5.39. The number of benzene rings is 1. The molecule has 0 saturated carbocycles. The third kappa shape index (κ3) is 2.36. The lowest BCUT2D eigenvalue weighted by Gasteiger charge is -2.31. The van der Waals surface area contributed by atoms with Gasteiger partial charge in [-0.2, -0.15) is 0 Å². The Morgan fingerprint density at radius 3 is 2.68 bits per heavy atom. The van der Waals surface area contributed by atoms with Gasteiger partial charge in [0.1, 0.15) is 0 Å². The smallest absolute Gasteiger partial charge is 0.257 e. The molecule has 0 radical (unpaired) electrons. The van der Waals surface area contributed by atoms with Crippen LogP contribution < -0.4 is 5.32 Å². The Kier molecular flexibility index (Phi) is 3.03. The van der Waals surface area contributed by atoms with Crippen molar-refractivity contribution in [2.45, 2.75) is 6.92 Å². The Labute approximate surface area is 113 Å². The summed E-state index contributed by atoms with van der Waals surface area (Å²) in [7, 11) is 2.13. The van der Waals surface area contributed by atoms with Gasteiger partial charge in [0.2, 0.25) is 0 Å². The van der Waals surface area contributed by atoms with Gasteiger partial charge in [0, 0.05) is 43.6 Å². The van der Waals surface area contributed by atoms with Gasteiger partial charge in [0.25, 0.3) is 5.91 Å². The average molecular weight is 257 g/mol. The predicted molar refractivity (Wildman–Crippen MR) is 76.9 cm³/mol. The zero-order valence-corrected chi connectivity index (χ0v) is 11.4. The summed E-state index contributed by atoms with van der Waals surface area (Å²) in [5.74, 6) is 0.0135. The highest BCUT2D eigenvalue weighted by molar-refractivity contribution is 6.31. The number of hydrogen-bond donors (Lipinski definition) is 1. The van der Waals surface area contributed by atoms with Crippen LogP contribution in [0.15, 0.2) is 24.4 Å². The summed E-state index contributed by atoms with van der Waals surface area (Å²) in [5, 5.41) is 2.93. The van der Waals surface area contributed by atoms with Crippen molar-refractivity contribution in [3.8, 4) is 0 Å². The molecule has 19 heavy (non-hydrogen) atoms. The lowest BCUT2D eigenvalue weighted by Crippen LogP contribution is -2.42. The number of rotatable bonds is 1. The Hall–Kier alpha value is -1.81. The van der Waals surface area contributed by atoms with Crippen LogP contribution in [0.4, 0.5) is 5.69 Å². The van der Waals surface area contributed by atoms with E-state index in [4.69, 9.17) is 0 Å². The Morgan fingerprint density at radius 2 is 1.95 bits per heavy atom. The van der Waals surface area contributed by atoms with Gasteiger partial charge < -0.3 is 15.1 Å². The van der Waals surface area contributed by atoms with Gasteiger partial charge in [-0.25, -0.2) is 0 Å². The summed E-state index contributed by atoms with van der Waals surface area (Å²) in [6.45, 7) is 6.11. The first-order valence-corrected chi connectivity index (χ1v) is 6.70. The van der Waals surface area contributed by atoms with Gasteiger partial charge in [0.05, 0.1) is 5.57 Å². The number of fused-ring (bicyclic) bond motifs is 1. The minimum absolute atomic E-state index is 0.0135. The Balaban J connectivity index is 1.89. The predicted octanol–water partition coefficient (Wildman–Crippen LogP) is 1.54. The lowest BCUT2D eigenvalue weighted by molar-refractivity contribution is -0.110. The quantitative estimate of drug-likeness (QED) is 0.775. The average Bonchev–Trinajstić information content (AvgIpc) is 2.69. The highest BCUT2D eigenvalue weighted by Gasteiger charge is 2.25. The van der Waals surface area contributed by atoms with E-state index in [0.29, 0.717) is 0 Å². The van der Waals surface area contributed by atoms with Crippen molar-refractivity contribution in [1.82, 2.24) is 9.80 Å². The minimum atomic E-state index is 0.0135. The first-order chi connectivity index (χ1) is 9.13. The molecule has 0 aromatic heterocycles. The van der Waals surface area contributed by atoms with Crippen LogP contribution in [0.1, 0.15) is 11.1 Å². The maximum atomic E-state index is 12.1. The van der Waals surface area contributed by atoms with Crippen LogP contribution in [0.25, 0.3) is 5.57 Å². The second-order valence-corrected chi connectivity index (χ2v) is 5.39. The van der Waals surface area contributed by atoms with Crippen LogP contribution in [-0.4, -0.2) is 48.9 Å². The molecule has 100 valence electrons. The van der Waals surface area contributed by atoms with E-state index in [0.717, 1.165) is 43.0 Å². The van der Waals surface area contributed by atoms with Crippen LogP contribution in [0, 0.1) is 6.92 Å². The van der Waals surface area contributed by atoms with Crippen molar-refractivity contribution in [2.24, 2.45) is 0 Å². The van der Waals surface area contributed by atoms with E-state index in [-0.39, 0.29) is 5.91 Å². The molecule has 4 nitrogen and oxygen atoms in total. The molecule has 0 atom stereocenters. The molecule has 0 aliphatic carbocycles. The molecule has 1 amide bonds. The topological polar surface area (TPSA) is 35.6 Å². The molecule has 1 aromatic carbocycles. The van der Waals surface area contributed by atoms with E-state index >= 15 is 0 Å². The third-order valence-electron chi connectivity index (χ3n) is 3.81. The van der Waals surface area contributed by atoms with Crippen molar-refractivity contribution in [2.75, 3.05) is 38.5 Å². The Bertz CT molecular complexity index is 542. The van der Waals surface area contributed by atoms with Crippen LogP contribution in [0.3, 0.4) is 0 Å². The Morgan fingerprint density at radius 1 is 1.21 bits per heavy atom. The molecule has 0 spiro atoms. The van der Waals surface area contributed by atoms with Crippen molar-refractivity contribution in [1.29, 1.82) is 0 Å². The number of likely N-dealkylation sites (N-methyl/N-ethyl adjacent to an activating group) is 1. The standard InChI is InChI=1S/C15H19N3O/c1-11-3-4-14-12(9-11)13(15(19)16-14)10-18-7-5-17(2)6-8-18/h3-4,9-10H,5-8H2,1-2H3,(H,16,19)/b13-10+. The molecule has 0 unspecified atom stereocenters. The molecule has 1 N–H and O–H groups in total. The van der Waals surface area contributed by atoms with Crippen LogP contribution in [0.2, 0.25) is 0 Å². The van der Waals surface area contributed by atoms with Crippen LogP contribution >= 0.6 is 0 Å². The SMILES string of the molecule is Cc1ccc2c(c1)/C(=C\N1CCN(C)CC1)C(=O)N2. The van der Waals surface area contributed by atoms with Gasteiger partial charge in [-0.15, -0.1) is 0 Å². The number of piperazine rings is 1. The van der Waals surface area contributed by atoms with E-state index in [1.165, 1.54) is 5.56 Å². The van der Waals surface area contributed by atoms with Crippen molar-refractivity contribution in [3.63, 3.8) is 0 Å². The molecule has 2 aliphatic heterocycles. The zero-order chi connectivity index (χ0) is 13.4. The normalized spacial score (nSPS) is 21.7. The molecule has 1 saturated heterocycles. The molecule has 4 heteroatoms. The van der Waals surface area contributed by atoms with E-state index in [9.17, 15) is 4.79 Å². The summed E-state index contributed by atoms with van der Waals surface area (Å²) >= 11 is 0. The molecule has 0 bridgehead atoms. The van der Waals surface area contributed by atoms with Crippen LogP contribution in [-0.2, 0) is 4.79 Å². The molecule has 3 rings (SSSR count). The van der Waals surface area contributed by atoms with E-state index in [1.54, 1.807) is 0 Å². The second kappa shape index (κ2) is 4.70. The molecule has 2 aliphatic rings. The maximum Gasteiger partial charge on any atom is 0.257 e. The number of carbonyl (C=O) groups is 1. The summed E-state index contributed by atoms with van der Waals surface area (Å²) < 4.78 is 0. The van der Waals surface area contributed by atoms with E-state index in [1.807, 2.05) is 18.3 Å². The molecular weight excluding hydrogens is 238 g/mol. The highest BCUT2D eigenvalue weighted by Crippen LogP contribution is 2.32. The summed E-state index contributed by atoms with van der Waals surface area (Å²) in [5.41, 5.74) is 3.93. The highest BCUT2D eigenvalue weighted by atomic mass is 16.2. The largest absolute Gasteiger partial charge is 0.374 e. The fourth-order valence-electron chi connectivity index (χ4n) is 2.56.